The van der Waals surface area contributed by atoms with Gasteiger partial charge in [-0.05, 0) is 18.9 Å². The predicted octanol–water partition coefficient (Wildman–Crippen LogP) is 2.27. The van der Waals surface area contributed by atoms with E-state index in [1.807, 2.05) is 5.32 Å². The van der Waals surface area contributed by atoms with E-state index in [0.717, 1.165) is 12.1 Å². The standard InChI is InChI=1S/C14H13F3N2O6/c15-14(16,17)9-6-8(19(22)23)3-4-10(9)18-12(20)7-25-13(21)11-2-1-5-24-11/h3-4,6,11H,1-2,5,7H2,(H,18,20)/t11-/m0/s1. The predicted molar refractivity (Wildman–Crippen MR) is 76.7 cm³/mol. The highest BCUT2D eigenvalue weighted by atomic mass is 19.4. The fraction of sp³-hybridized carbons (Fsp3) is 0.429. The summed E-state index contributed by atoms with van der Waals surface area (Å²) in [6.45, 7) is -0.406. The smallest absolute Gasteiger partial charge is 0.418 e. The highest BCUT2D eigenvalue weighted by molar-refractivity contribution is 5.94. The molecule has 1 N–H and O–H groups in total. The van der Waals surface area contributed by atoms with Gasteiger partial charge in [0.15, 0.2) is 12.7 Å². The quantitative estimate of drug-likeness (QED) is 0.489. The maximum Gasteiger partial charge on any atom is 0.418 e. The summed E-state index contributed by atoms with van der Waals surface area (Å²) in [4.78, 5) is 32.9. The molecule has 0 spiro atoms. The third-order valence-electron chi connectivity index (χ3n) is 3.33. The summed E-state index contributed by atoms with van der Waals surface area (Å²) in [5, 5.41) is 12.5. The summed E-state index contributed by atoms with van der Waals surface area (Å²) in [6, 6.07) is 1.90. The molecule has 0 saturated carbocycles. The van der Waals surface area contributed by atoms with Crippen molar-refractivity contribution in [3.63, 3.8) is 0 Å². The van der Waals surface area contributed by atoms with E-state index in [9.17, 15) is 32.9 Å². The van der Waals surface area contributed by atoms with E-state index in [0.29, 0.717) is 25.5 Å². The number of esters is 1. The molecule has 0 aliphatic carbocycles. The molecule has 0 radical (unpaired) electrons. The first-order chi connectivity index (χ1) is 11.7. The van der Waals surface area contributed by atoms with Crippen LogP contribution in [0.4, 0.5) is 24.5 Å². The Hall–Kier alpha value is -2.69. The van der Waals surface area contributed by atoms with Crippen molar-refractivity contribution in [2.45, 2.75) is 25.1 Å². The Balaban J connectivity index is 2.04. The molecule has 2 rings (SSSR count). The molecule has 1 aliphatic heterocycles. The van der Waals surface area contributed by atoms with E-state index >= 15 is 0 Å². The largest absolute Gasteiger partial charge is 0.454 e. The van der Waals surface area contributed by atoms with E-state index in [1.54, 1.807) is 0 Å². The van der Waals surface area contributed by atoms with E-state index in [2.05, 4.69) is 4.74 Å². The maximum atomic E-state index is 13.0. The number of carbonyl (C=O) groups is 2. The first-order valence-corrected chi connectivity index (χ1v) is 7.12. The number of nitrogens with zero attached hydrogens (tertiary/aromatic N) is 1. The topological polar surface area (TPSA) is 108 Å². The molecule has 1 saturated heterocycles. The summed E-state index contributed by atoms with van der Waals surface area (Å²) in [6.07, 6.45) is -4.58. The number of nitro benzene ring substituents is 1. The second kappa shape index (κ2) is 7.47. The number of benzene rings is 1. The van der Waals surface area contributed by atoms with Crippen molar-refractivity contribution in [2.24, 2.45) is 0 Å². The minimum atomic E-state index is -4.91. The third-order valence-corrected chi connectivity index (χ3v) is 3.33. The third kappa shape index (κ3) is 4.89. The maximum absolute atomic E-state index is 13.0. The van der Waals surface area contributed by atoms with Crippen molar-refractivity contribution < 1.29 is 37.2 Å². The number of rotatable bonds is 5. The Morgan fingerprint density at radius 1 is 1.40 bits per heavy atom. The molecule has 1 aromatic carbocycles. The van der Waals surface area contributed by atoms with Gasteiger partial charge in [0.2, 0.25) is 0 Å². The molecule has 25 heavy (non-hydrogen) atoms. The van der Waals surface area contributed by atoms with E-state index in [4.69, 9.17) is 4.74 Å². The van der Waals surface area contributed by atoms with E-state index < -0.39 is 52.6 Å². The summed E-state index contributed by atoms with van der Waals surface area (Å²) < 4.78 is 48.7. The Labute approximate surface area is 139 Å². The lowest BCUT2D eigenvalue weighted by molar-refractivity contribution is -0.385. The highest BCUT2D eigenvalue weighted by Crippen LogP contribution is 2.37. The number of carbonyl (C=O) groups excluding carboxylic acids is 2. The van der Waals surface area contributed by atoms with Crippen LogP contribution in [0, 0.1) is 10.1 Å². The molecule has 0 unspecified atom stereocenters. The number of amides is 1. The second-order valence-corrected chi connectivity index (χ2v) is 5.14. The average Bonchev–Trinajstić information content (AvgIpc) is 3.06. The lowest BCUT2D eigenvalue weighted by Gasteiger charge is -2.14. The number of ether oxygens (including phenoxy) is 2. The number of non-ortho nitro benzene ring substituents is 1. The van der Waals surface area contributed by atoms with Crippen LogP contribution in [0.2, 0.25) is 0 Å². The van der Waals surface area contributed by atoms with Crippen LogP contribution in [0.15, 0.2) is 18.2 Å². The monoisotopic (exact) mass is 362 g/mol. The van der Waals surface area contributed by atoms with Crippen LogP contribution in [0.25, 0.3) is 0 Å². The first kappa shape index (κ1) is 18.6. The number of hydrogen-bond acceptors (Lipinski definition) is 6. The van der Waals surface area contributed by atoms with Crippen molar-refractivity contribution in [3.8, 4) is 0 Å². The lowest BCUT2D eigenvalue weighted by atomic mass is 10.1. The van der Waals surface area contributed by atoms with Gasteiger partial charge in [0, 0.05) is 18.7 Å². The summed E-state index contributed by atoms with van der Waals surface area (Å²) in [7, 11) is 0. The molecule has 11 heteroatoms. The zero-order valence-corrected chi connectivity index (χ0v) is 12.7. The molecule has 1 aromatic rings. The molecule has 136 valence electrons. The van der Waals surface area contributed by atoms with Crippen LogP contribution in [0.5, 0.6) is 0 Å². The van der Waals surface area contributed by atoms with Crippen LogP contribution in [-0.2, 0) is 25.2 Å². The Bertz CT molecular complexity index is 686. The van der Waals surface area contributed by atoms with Crippen molar-refractivity contribution >= 4 is 23.3 Å². The van der Waals surface area contributed by atoms with Gasteiger partial charge in [-0.15, -0.1) is 0 Å². The number of nitro groups is 1. The van der Waals surface area contributed by atoms with Crippen LogP contribution >= 0.6 is 0 Å². The van der Waals surface area contributed by atoms with Gasteiger partial charge in [-0.3, -0.25) is 14.9 Å². The normalized spacial score (nSPS) is 17.2. The van der Waals surface area contributed by atoms with Crippen molar-refractivity contribution in [1.82, 2.24) is 0 Å². The zero-order chi connectivity index (χ0) is 18.6. The minimum Gasteiger partial charge on any atom is -0.454 e. The second-order valence-electron chi connectivity index (χ2n) is 5.14. The van der Waals surface area contributed by atoms with Gasteiger partial charge < -0.3 is 14.8 Å². The number of anilines is 1. The molecule has 1 atom stereocenters. The molecular weight excluding hydrogens is 349 g/mol. The van der Waals surface area contributed by atoms with Gasteiger partial charge in [-0.2, -0.15) is 13.2 Å². The van der Waals surface area contributed by atoms with Crippen LogP contribution in [-0.4, -0.2) is 36.1 Å². The number of hydrogen-bond donors (Lipinski definition) is 1. The number of alkyl halides is 3. The van der Waals surface area contributed by atoms with Gasteiger partial charge in [-0.25, -0.2) is 4.79 Å². The SMILES string of the molecule is O=C(COC(=O)[C@@H]1CCCO1)Nc1ccc([N+](=O)[O-])cc1C(F)(F)F. The molecule has 0 bridgehead atoms. The molecule has 8 nitrogen and oxygen atoms in total. The van der Waals surface area contributed by atoms with Crippen molar-refractivity contribution in [3.05, 3.63) is 33.9 Å². The Kier molecular flexibility index (Phi) is 5.57. The Morgan fingerprint density at radius 2 is 2.12 bits per heavy atom. The van der Waals surface area contributed by atoms with Gasteiger partial charge >= 0.3 is 12.1 Å². The molecule has 1 fully saturated rings. The van der Waals surface area contributed by atoms with Gasteiger partial charge in [0.05, 0.1) is 16.2 Å². The Morgan fingerprint density at radius 3 is 2.68 bits per heavy atom. The minimum absolute atomic E-state index is 0.313. The summed E-state index contributed by atoms with van der Waals surface area (Å²) in [5.41, 5.74) is -2.81. The molecule has 0 aromatic heterocycles. The number of halogens is 3. The molecule has 1 amide bonds. The number of nitrogens with one attached hydrogen (secondary N) is 1. The van der Waals surface area contributed by atoms with Crippen LogP contribution < -0.4 is 5.32 Å². The molecule has 1 aliphatic rings. The van der Waals surface area contributed by atoms with E-state index in [-0.39, 0.29) is 0 Å². The zero-order valence-electron chi connectivity index (χ0n) is 12.7. The van der Waals surface area contributed by atoms with Crippen LogP contribution in [0.3, 0.4) is 0 Å². The van der Waals surface area contributed by atoms with Gasteiger partial charge in [0.1, 0.15) is 0 Å². The molecular formula is C14H13F3N2O6. The highest BCUT2D eigenvalue weighted by Gasteiger charge is 2.35. The average molecular weight is 362 g/mol. The van der Waals surface area contributed by atoms with Gasteiger partial charge in [-0.1, -0.05) is 0 Å². The van der Waals surface area contributed by atoms with E-state index in [1.165, 1.54) is 0 Å². The molecule has 1 heterocycles. The van der Waals surface area contributed by atoms with Crippen molar-refractivity contribution in [2.75, 3.05) is 18.5 Å². The summed E-state index contributed by atoms with van der Waals surface area (Å²) >= 11 is 0. The van der Waals surface area contributed by atoms with Gasteiger partial charge in [0.25, 0.3) is 11.6 Å². The van der Waals surface area contributed by atoms with Crippen LogP contribution in [0.1, 0.15) is 18.4 Å². The fourth-order valence-corrected chi connectivity index (χ4v) is 2.17. The lowest BCUT2D eigenvalue weighted by Crippen LogP contribution is -2.28. The van der Waals surface area contributed by atoms with Crippen molar-refractivity contribution in [1.29, 1.82) is 0 Å². The fourth-order valence-electron chi connectivity index (χ4n) is 2.17. The first-order valence-electron chi connectivity index (χ1n) is 7.12. The summed E-state index contributed by atoms with van der Waals surface area (Å²) in [5.74, 6) is -1.78.